The first-order chi connectivity index (χ1) is 11.0. The smallest absolute Gasteiger partial charge is 0.161 e. The van der Waals surface area contributed by atoms with Crippen molar-refractivity contribution in [3.8, 4) is 17.2 Å². The predicted octanol–water partition coefficient (Wildman–Crippen LogP) is 4.26. The lowest BCUT2D eigenvalue weighted by Gasteiger charge is -2.13. The summed E-state index contributed by atoms with van der Waals surface area (Å²) in [6, 6.07) is 13.0. The molecule has 0 aliphatic heterocycles. The van der Waals surface area contributed by atoms with Gasteiger partial charge in [0.2, 0.25) is 0 Å². The number of hydrogen-bond acceptors (Lipinski definition) is 4. The second-order valence-corrected chi connectivity index (χ2v) is 5.52. The summed E-state index contributed by atoms with van der Waals surface area (Å²) in [6.45, 7) is 5.93. The van der Waals surface area contributed by atoms with Crippen LogP contribution in [-0.2, 0) is 6.61 Å². The Kier molecular flexibility index (Phi) is 5.63. The minimum atomic E-state index is -0.00408. The van der Waals surface area contributed by atoms with Gasteiger partial charge in [0.25, 0.3) is 0 Å². The predicted molar refractivity (Wildman–Crippen MR) is 89.5 cm³/mol. The molecular weight excluding hydrogens is 292 g/mol. The van der Waals surface area contributed by atoms with E-state index in [1.54, 1.807) is 25.3 Å². The Bertz CT molecular complexity index is 660. The molecule has 0 atom stereocenters. The molecule has 0 aromatic heterocycles. The van der Waals surface area contributed by atoms with Crippen LogP contribution < -0.4 is 14.2 Å². The molecule has 0 saturated carbocycles. The lowest BCUT2D eigenvalue weighted by Crippen LogP contribution is -2.05. The highest BCUT2D eigenvalue weighted by atomic mass is 16.5. The monoisotopic (exact) mass is 314 g/mol. The van der Waals surface area contributed by atoms with Crippen LogP contribution in [0.15, 0.2) is 42.5 Å². The van der Waals surface area contributed by atoms with Crippen molar-refractivity contribution in [3.05, 3.63) is 53.6 Å². The lowest BCUT2D eigenvalue weighted by atomic mass is 10.1. The van der Waals surface area contributed by atoms with Gasteiger partial charge in [0, 0.05) is 5.56 Å². The molecule has 4 heteroatoms. The van der Waals surface area contributed by atoms with Gasteiger partial charge in [-0.2, -0.15) is 0 Å². The molecule has 0 unspecified atom stereocenters. The van der Waals surface area contributed by atoms with Gasteiger partial charge in [-0.05, 0) is 56.7 Å². The average Bonchev–Trinajstić information content (AvgIpc) is 2.53. The number of rotatable bonds is 7. The molecule has 0 radical (unpaired) electrons. The average molecular weight is 314 g/mol. The van der Waals surface area contributed by atoms with Gasteiger partial charge >= 0.3 is 0 Å². The molecule has 2 aromatic rings. The van der Waals surface area contributed by atoms with E-state index in [9.17, 15) is 4.79 Å². The van der Waals surface area contributed by atoms with E-state index in [4.69, 9.17) is 14.2 Å². The van der Waals surface area contributed by atoms with Gasteiger partial charge in [0.1, 0.15) is 12.4 Å². The van der Waals surface area contributed by atoms with Crippen molar-refractivity contribution < 1.29 is 19.0 Å². The first-order valence-electron chi connectivity index (χ1n) is 7.57. The number of hydrogen-bond donors (Lipinski definition) is 0. The Morgan fingerprint density at radius 1 is 1.04 bits per heavy atom. The molecule has 0 spiro atoms. The van der Waals surface area contributed by atoms with E-state index >= 15 is 0 Å². The maximum Gasteiger partial charge on any atom is 0.161 e. The van der Waals surface area contributed by atoms with Crippen molar-refractivity contribution in [3.63, 3.8) is 0 Å². The number of ether oxygens (including phenoxy) is 3. The zero-order valence-electron chi connectivity index (χ0n) is 14.0. The van der Waals surface area contributed by atoms with Crippen molar-refractivity contribution in [2.45, 2.75) is 33.5 Å². The molecule has 0 aliphatic carbocycles. The molecule has 2 rings (SSSR count). The maximum atomic E-state index is 11.4. The molecule has 0 N–H and O–H groups in total. The molecule has 122 valence electrons. The zero-order chi connectivity index (χ0) is 16.8. The van der Waals surface area contributed by atoms with Crippen molar-refractivity contribution in [2.24, 2.45) is 0 Å². The van der Waals surface area contributed by atoms with Crippen LogP contribution >= 0.6 is 0 Å². The highest BCUT2D eigenvalue weighted by Gasteiger charge is 2.08. The third-order valence-electron chi connectivity index (χ3n) is 3.26. The van der Waals surface area contributed by atoms with Crippen molar-refractivity contribution in [2.75, 3.05) is 7.11 Å². The Morgan fingerprint density at radius 2 is 1.74 bits per heavy atom. The van der Waals surface area contributed by atoms with Crippen LogP contribution in [-0.4, -0.2) is 19.0 Å². The summed E-state index contributed by atoms with van der Waals surface area (Å²) in [5.41, 5.74) is 1.63. The first-order valence-corrected chi connectivity index (χ1v) is 7.57. The molecule has 23 heavy (non-hydrogen) atoms. The van der Waals surface area contributed by atoms with E-state index in [0.29, 0.717) is 23.7 Å². The fourth-order valence-corrected chi connectivity index (χ4v) is 2.10. The third-order valence-corrected chi connectivity index (χ3v) is 3.26. The lowest BCUT2D eigenvalue weighted by molar-refractivity contribution is 0.101. The number of methoxy groups -OCH3 is 1. The molecule has 0 saturated heterocycles. The van der Waals surface area contributed by atoms with Crippen molar-refractivity contribution in [1.29, 1.82) is 0 Å². The Morgan fingerprint density at radius 3 is 2.30 bits per heavy atom. The molecule has 0 heterocycles. The van der Waals surface area contributed by atoms with Crippen molar-refractivity contribution >= 4 is 5.78 Å². The van der Waals surface area contributed by atoms with Crippen LogP contribution in [0.4, 0.5) is 0 Å². The number of Topliss-reactive ketones (excluding diaryl/α,β-unsaturated/α-hetero) is 1. The zero-order valence-corrected chi connectivity index (χ0v) is 14.0. The van der Waals surface area contributed by atoms with E-state index in [2.05, 4.69) is 0 Å². The fraction of sp³-hybridized carbons (Fsp3) is 0.316. The highest BCUT2D eigenvalue weighted by molar-refractivity contribution is 5.94. The van der Waals surface area contributed by atoms with Gasteiger partial charge in [-0.25, -0.2) is 0 Å². The number of carbonyl (C=O) groups excluding carboxylic acids is 1. The van der Waals surface area contributed by atoms with Crippen molar-refractivity contribution in [1.82, 2.24) is 0 Å². The standard InChI is InChI=1S/C19H22O4/c1-13(2)23-17-8-5-15(6-9-17)12-22-18-10-7-16(14(3)20)11-19(18)21-4/h5-11,13H,12H2,1-4H3. The van der Waals surface area contributed by atoms with Gasteiger partial charge in [0.05, 0.1) is 13.2 Å². The fourth-order valence-electron chi connectivity index (χ4n) is 2.10. The first kappa shape index (κ1) is 16.9. The van der Waals surface area contributed by atoms with Gasteiger partial charge in [-0.3, -0.25) is 4.79 Å². The van der Waals surface area contributed by atoms with Crippen LogP contribution in [0, 0.1) is 0 Å². The number of ketones is 1. The summed E-state index contributed by atoms with van der Waals surface area (Å²) in [4.78, 5) is 11.4. The summed E-state index contributed by atoms with van der Waals surface area (Å²) in [5, 5.41) is 0. The molecule has 0 bridgehead atoms. The van der Waals surface area contributed by atoms with Gasteiger partial charge in [-0.1, -0.05) is 12.1 Å². The normalized spacial score (nSPS) is 10.5. The summed E-state index contributed by atoms with van der Waals surface area (Å²) in [6.07, 6.45) is 0.154. The van der Waals surface area contributed by atoms with Crippen LogP contribution in [0.25, 0.3) is 0 Å². The Labute approximate surface area is 137 Å². The van der Waals surface area contributed by atoms with E-state index in [0.717, 1.165) is 11.3 Å². The number of carbonyl (C=O) groups is 1. The molecule has 0 amide bonds. The topological polar surface area (TPSA) is 44.8 Å². The third kappa shape index (κ3) is 4.74. The SMILES string of the molecule is COc1cc(C(C)=O)ccc1OCc1ccc(OC(C)C)cc1. The molecule has 0 fully saturated rings. The molecule has 0 aliphatic rings. The molecule has 4 nitrogen and oxygen atoms in total. The summed E-state index contributed by atoms with van der Waals surface area (Å²) < 4.78 is 16.7. The van der Waals surface area contributed by atoms with Gasteiger partial charge in [-0.15, -0.1) is 0 Å². The minimum Gasteiger partial charge on any atom is -0.493 e. The van der Waals surface area contributed by atoms with E-state index in [-0.39, 0.29) is 11.9 Å². The van der Waals surface area contributed by atoms with Crippen LogP contribution in [0.5, 0.6) is 17.2 Å². The second kappa shape index (κ2) is 7.68. The van der Waals surface area contributed by atoms with Crippen LogP contribution in [0.1, 0.15) is 36.7 Å². The van der Waals surface area contributed by atoms with Crippen LogP contribution in [0.2, 0.25) is 0 Å². The second-order valence-electron chi connectivity index (χ2n) is 5.52. The summed E-state index contributed by atoms with van der Waals surface area (Å²) in [7, 11) is 1.56. The van der Waals surface area contributed by atoms with E-state index in [1.807, 2.05) is 38.1 Å². The highest BCUT2D eigenvalue weighted by Crippen LogP contribution is 2.29. The van der Waals surface area contributed by atoms with Gasteiger partial charge < -0.3 is 14.2 Å². The molecule has 2 aromatic carbocycles. The Balaban J connectivity index is 2.04. The maximum absolute atomic E-state index is 11.4. The number of benzene rings is 2. The minimum absolute atomic E-state index is 0.00408. The van der Waals surface area contributed by atoms with E-state index < -0.39 is 0 Å². The molecular formula is C19H22O4. The van der Waals surface area contributed by atoms with Crippen LogP contribution in [0.3, 0.4) is 0 Å². The quantitative estimate of drug-likeness (QED) is 0.716. The largest absolute Gasteiger partial charge is 0.493 e. The van der Waals surface area contributed by atoms with E-state index in [1.165, 1.54) is 6.92 Å². The summed E-state index contributed by atoms with van der Waals surface area (Å²) >= 11 is 0. The summed E-state index contributed by atoms with van der Waals surface area (Å²) in [5.74, 6) is 2.00. The van der Waals surface area contributed by atoms with Gasteiger partial charge in [0.15, 0.2) is 17.3 Å². The Hall–Kier alpha value is -2.49.